The second-order valence-electron chi connectivity index (χ2n) is 10.5. The predicted octanol–water partition coefficient (Wildman–Crippen LogP) is 2.47. The summed E-state index contributed by atoms with van der Waals surface area (Å²) in [5.41, 5.74) is -10.8. The van der Waals surface area contributed by atoms with Crippen molar-refractivity contribution >= 4 is 47.4 Å². The third-order valence-electron chi connectivity index (χ3n) is 7.34. The number of benzene rings is 4. The zero-order chi connectivity index (χ0) is 37.3. The van der Waals surface area contributed by atoms with Crippen molar-refractivity contribution in [3.63, 3.8) is 0 Å². The van der Waals surface area contributed by atoms with Gasteiger partial charge in [-0.2, -0.15) is 0 Å². The lowest BCUT2D eigenvalue weighted by molar-refractivity contribution is -0.218. The number of carboxylic acids is 3. The van der Waals surface area contributed by atoms with Gasteiger partial charge in [0, 0.05) is 11.1 Å². The van der Waals surface area contributed by atoms with Gasteiger partial charge in [-0.25, -0.2) is 28.8 Å². The molecule has 0 aliphatic carbocycles. The van der Waals surface area contributed by atoms with Crippen molar-refractivity contribution in [1.29, 1.82) is 0 Å². The van der Waals surface area contributed by atoms with Gasteiger partial charge in [0.15, 0.2) is 12.2 Å². The van der Waals surface area contributed by atoms with Crippen LogP contribution in [0.2, 0.25) is 0 Å². The number of ether oxygens (including phenoxy) is 3. The van der Waals surface area contributed by atoms with E-state index in [9.17, 15) is 58.8 Å². The summed E-state index contributed by atoms with van der Waals surface area (Å²) in [6, 6.07) is 24.3. The highest BCUT2D eigenvalue weighted by Crippen LogP contribution is 2.40. The van der Waals surface area contributed by atoms with Crippen molar-refractivity contribution in [1.82, 2.24) is 0 Å². The molecule has 4 aromatic carbocycles. The molecule has 51 heavy (non-hydrogen) atoms. The SMILES string of the molecule is O=C(OC(=O)C(O)C(OC(C(=O)O)(C(=O)c1ccccc1)C(OC(=O)c1ccccc1)(C(=O)O)C(=O)c1ccccc1)C(=O)O)c1ccccc1. The molecule has 0 aromatic heterocycles. The van der Waals surface area contributed by atoms with Crippen LogP contribution in [0.4, 0.5) is 0 Å². The van der Waals surface area contributed by atoms with E-state index in [0.29, 0.717) is 0 Å². The third-order valence-corrected chi connectivity index (χ3v) is 7.34. The molecule has 0 fully saturated rings. The Morgan fingerprint density at radius 1 is 0.490 bits per heavy atom. The van der Waals surface area contributed by atoms with Gasteiger partial charge < -0.3 is 34.6 Å². The molecule has 0 amide bonds. The van der Waals surface area contributed by atoms with Crippen LogP contribution in [-0.2, 0) is 33.4 Å². The number of aliphatic hydroxyl groups is 1. The van der Waals surface area contributed by atoms with Crippen LogP contribution in [0.1, 0.15) is 41.4 Å². The Hall–Kier alpha value is -6.84. The molecule has 0 aliphatic rings. The fraction of sp³-hybridized carbons (Fsp3) is 0.111. The van der Waals surface area contributed by atoms with Gasteiger partial charge in [0.25, 0.3) is 5.60 Å². The highest BCUT2D eigenvalue weighted by molar-refractivity contribution is 6.29. The Bertz CT molecular complexity index is 1960. The topological polar surface area (TPSA) is 245 Å². The quantitative estimate of drug-likeness (QED) is 0.0791. The van der Waals surface area contributed by atoms with Gasteiger partial charge in [0.05, 0.1) is 11.1 Å². The van der Waals surface area contributed by atoms with E-state index in [2.05, 4.69) is 4.74 Å². The molecule has 0 spiro atoms. The second kappa shape index (κ2) is 15.6. The van der Waals surface area contributed by atoms with Crippen LogP contribution in [0.15, 0.2) is 121 Å². The van der Waals surface area contributed by atoms with E-state index in [1.807, 2.05) is 0 Å². The van der Waals surface area contributed by atoms with E-state index in [-0.39, 0.29) is 5.56 Å². The minimum Gasteiger partial charge on any atom is -0.479 e. The first-order valence-electron chi connectivity index (χ1n) is 14.6. The van der Waals surface area contributed by atoms with E-state index in [0.717, 1.165) is 36.4 Å². The van der Waals surface area contributed by atoms with Gasteiger partial charge in [-0.15, -0.1) is 0 Å². The summed E-state index contributed by atoms with van der Waals surface area (Å²) >= 11 is 0. The molecule has 4 rings (SSSR count). The van der Waals surface area contributed by atoms with Gasteiger partial charge in [-0.3, -0.25) is 9.59 Å². The number of hydrogen-bond acceptors (Lipinski definition) is 12. The van der Waals surface area contributed by atoms with Gasteiger partial charge in [-0.05, 0) is 24.3 Å². The van der Waals surface area contributed by atoms with Crippen molar-refractivity contribution in [3.05, 3.63) is 144 Å². The van der Waals surface area contributed by atoms with Gasteiger partial charge in [0.1, 0.15) is 0 Å². The lowest BCUT2D eigenvalue weighted by Gasteiger charge is -2.42. The number of ketones is 2. The van der Waals surface area contributed by atoms with Crippen LogP contribution in [0.5, 0.6) is 0 Å². The zero-order valence-corrected chi connectivity index (χ0v) is 26.0. The predicted molar refractivity (Wildman–Crippen MR) is 170 cm³/mol. The number of aliphatic carboxylic acids is 3. The maximum absolute atomic E-state index is 14.5. The molecule has 0 radical (unpaired) electrons. The Kier molecular flexibility index (Phi) is 11.3. The van der Waals surface area contributed by atoms with E-state index in [4.69, 9.17) is 9.47 Å². The Morgan fingerprint density at radius 2 is 0.843 bits per heavy atom. The van der Waals surface area contributed by atoms with Crippen LogP contribution in [0, 0.1) is 0 Å². The lowest BCUT2D eigenvalue weighted by Crippen LogP contribution is -2.75. The summed E-state index contributed by atoms with van der Waals surface area (Å²) < 4.78 is 15.1. The van der Waals surface area contributed by atoms with E-state index in [1.165, 1.54) is 84.9 Å². The highest BCUT2D eigenvalue weighted by atomic mass is 16.6. The molecular weight excluding hydrogens is 672 g/mol. The molecule has 0 saturated carbocycles. The minimum absolute atomic E-state index is 0.240. The molecule has 0 bridgehead atoms. The normalized spacial score (nSPS) is 14.3. The number of hydrogen-bond donors (Lipinski definition) is 4. The number of rotatable bonds is 15. The van der Waals surface area contributed by atoms with Crippen molar-refractivity contribution in [2.24, 2.45) is 0 Å². The largest absolute Gasteiger partial charge is 0.479 e. The van der Waals surface area contributed by atoms with Crippen LogP contribution in [-0.4, -0.2) is 91.2 Å². The number of carboxylic acid groups (broad SMARTS) is 3. The van der Waals surface area contributed by atoms with Gasteiger partial charge in [0.2, 0.25) is 11.6 Å². The monoisotopic (exact) mass is 698 g/mol. The number of carbonyl (C=O) groups is 8. The van der Waals surface area contributed by atoms with Crippen LogP contribution in [0.25, 0.3) is 0 Å². The van der Waals surface area contributed by atoms with E-state index in [1.54, 1.807) is 0 Å². The van der Waals surface area contributed by atoms with Gasteiger partial charge in [-0.1, -0.05) is 97.1 Å². The Balaban J connectivity index is 2.01. The number of Topliss-reactive ketones (excluding diaryl/α,β-unsaturated/α-hetero) is 2. The second-order valence-corrected chi connectivity index (χ2v) is 10.5. The Labute approximate surface area is 287 Å². The average Bonchev–Trinajstić information content (AvgIpc) is 3.14. The lowest BCUT2D eigenvalue weighted by atomic mass is 9.72. The van der Waals surface area contributed by atoms with Crippen LogP contribution in [0.3, 0.4) is 0 Å². The molecular formula is C36H26O15. The first kappa shape index (κ1) is 37.0. The molecule has 4 unspecified atom stereocenters. The number of carbonyl (C=O) groups excluding carboxylic acids is 5. The summed E-state index contributed by atoms with van der Waals surface area (Å²) in [6.45, 7) is 0. The van der Waals surface area contributed by atoms with Crippen molar-refractivity contribution in [2.75, 3.05) is 0 Å². The van der Waals surface area contributed by atoms with Gasteiger partial charge >= 0.3 is 41.4 Å². The standard InChI is InChI=1S/C36H26O15/c37-25(32(44)49-30(42)23-17-9-3-10-18-23)26(29(40)41)50-35(33(45)46,27(38)21-13-5-1-6-14-21)36(34(47)48,28(39)22-15-7-2-8-16-22)51-31(43)24-19-11-4-12-20-24/h1-20,25-26,37H,(H,40,41)(H,45,46)(H,47,48). The molecule has 4 N–H and O–H groups in total. The van der Waals surface area contributed by atoms with Crippen LogP contribution >= 0.6 is 0 Å². The van der Waals surface area contributed by atoms with E-state index >= 15 is 0 Å². The average molecular weight is 699 g/mol. The van der Waals surface area contributed by atoms with Crippen LogP contribution < -0.4 is 0 Å². The Morgan fingerprint density at radius 3 is 1.22 bits per heavy atom. The first-order chi connectivity index (χ1) is 24.3. The maximum atomic E-state index is 14.5. The molecule has 4 atom stereocenters. The molecule has 4 aromatic rings. The third kappa shape index (κ3) is 7.29. The van der Waals surface area contributed by atoms with Crippen molar-refractivity contribution < 1.29 is 73.0 Å². The summed E-state index contributed by atoms with van der Waals surface area (Å²) in [7, 11) is 0. The van der Waals surface area contributed by atoms with E-state index < -0.39 is 87.5 Å². The molecule has 260 valence electrons. The first-order valence-corrected chi connectivity index (χ1v) is 14.6. The fourth-order valence-electron chi connectivity index (χ4n) is 4.87. The fourth-order valence-corrected chi connectivity index (χ4v) is 4.87. The number of esters is 3. The highest BCUT2D eigenvalue weighted by Gasteiger charge is 2.76. The van der Waals surface area contributed by atoms with Crippen molar-refractivity contribution in [2.45, 2.75) is 23.4 Å². The minimum atomic E-state index is -4.44. The molecule has 0 saturated heterocycles. The molecule has 0 heterocycles. The summed E-state index contributed by atoms with van der Waals surface area (Å²) in [6.07, 6.45) is -6.44. The smallest absolute Gasteiger partial charge is 0.360 e. The van der Waals surface area contributed by atoms with Crippen molar-refractivity contribution in [3.8, 4) is 0 Å². The summed E-state index contributed by atoms with van der Waals surface area (Å²) in [4.78, 5) is 108. The summed E-state index contributed by atoms with van der Waals surface area (Å²) in [5.74, 6) is -16.7. The molecule has 15 heteroatoms. The summed E-state index contributed by atoms with van der Waals surface area (Å²) in [5, 5.41) is 42.7. The zero-order valence-electron chi connectivity index (χ0n) is 26.0. The number of aliphatic hydroxyl groups excluding tert-OH is 1. The molecule has 0 aliphatic heterocycles. The molecule has 15 nitrogen and oxygen atoms in total. The maximum Gasteiger partial charge on any atom is 0.360 e.